The van der Waals surface area contributed by atoms with Gasteiger partial charge >= 0.3 is 0 Å². The minimum atomic E-state index is -0.0570. The number of amides is 1. The quantitative estimate of drug-likeness (QED) is 0.437. The van der Waals surface area contributed by atoms with E-state index in [-0.39, 0.29) is 11.9 Å². The van der Waals surface area contributed by atoms with Gasteiger partial charge in [-0.1, -0.05) is 54.6 Å². The molecule has 2 heterocycles. The Balaban J connectivity index is 1.26. The first-order valence-corrected chi connectivity index (χ1v) is 10.9. The minimum Gasteiger partial charge on any atom is -0.488 e. The maximum atomic E-state index is 12.7. The van der Waals surface area contributed by atoms with E-state index >= 15 is 0 Å². The highest BCUT2D eigenvalue weighted by molar-refractivity contribution is 5.95. The molecule has 2 N–H and O–H groups in total. The highest BCUT2D eigenvalue weighted by atomic mass is 16.5. The summed E-state index contributed by atoms with van der Waals surface area (Å²) in [5.41, 5.74) is 6.80. The summed E-state index contributed by atoms with van der Waals surface area (Å²) in [7, 11) is 0. The zero-order valence-corrected chi connectivity index (χ0v) is 18.0. The number of aryl methyl sites for hydroxylation is 1. The summed E-state index contributed by atoms with van der Waals surface area (Å²) in [6, 6.07) is 26.0. The molecule has 0 saturated carbocycles. The van der Waals surface area contributed by atoms with Crippen molar-refractivity contribution in [2.75, 3.05) is 0 Å². The molecule has 1 atom stereocenters. The number of nitrogens with zero attached hydrogens (tertiary/aromatic N) is 1. The van der Waals surface area contributed by atoms with Crippen molar-refractivity contribution in [3.05, 3.63) is 95.6 Å². The summed E-state index contributed by atoms with van der Waals surface area (Å²) in [4.78, 5) is 12.7. The molecule has 1 amide bonds. The molecule has 0 saturated heterocycles. The van der Waals surface area contributed by atoms with Crippen molar-refractivity contribution in [2.24, 2.45) is 0 Å². The number of hydrogen-bond acceptors (Lipinski definition) is 3. The molecule has 4 aromatic rings. The number of ether oxygens (including phenoxy) is 1. The Hall–Kier alpha value is -3.86. The lowest BCUT2D eigenvalue weighted by atomic mass is 9.99. The number of aromatic nitrogens is 2. The van der Waals surface area contributed by atoms with E-state index < -0.39 is 0 Å². The van der Waals surface area contributed by atoms with Crippen molar-refractivity contribution >= 4 is 5.91 Å². The fraction of sp³-hybridized carbons (Fsp3) is 0.185. The Labute approximate surface area is 187 Å². The lowest BCUT2D eigenvalue weighted by molar-refractivity contribution is 0.0938. The van der Waals surface area contributed by atoms with Gasteiger partial charge in [-0.15, -0.1) is 0 Å². The number of para-hydroxylation sites is 1. The van der Waals surface area contributed by atoms with Crippen molar-refractivity contribution in [3.63, 3.8) is 0 Å². The average molecular weight is 424 g/mol. The predicted octanol–water partition coefficient (Wildman–Crippen LogP) is 5.39. The van der Waals surface area contributed by atoms with Gasteiger partial charge in [-0.2, -0.15) is 5.10 Å². The van der Waals surface area contributed by atoms with E-state index in [0.29, 0.717) is 12.2 Å². The summed E-state index contributed by atoms with van der Waals surface area (Å²) in [6.45, 7) is 2.52. The van der Waals surface area contributed by atoms with E-state index in [1.165, 1.54) is 5.56 Å². The Bertz CT molecular complexity index is 1230. The van der Waals surface area contributed by atoms with Gasteiger partial charge in [0.2, 0.25) is 0 Å². The summed E-state index contributed by atoms with van der Waals surface area (Å²) >= 11 is 0. The normalized spacial score (nSPS) is 12.9. The third kappa shape index (κ3) is 4.02. The number of benzene rings is 3. The topological polar surface area (TPSA) is 67.0 Å². The van der Waals surface area contributed by atoms with E-state index in [4.69, 9.17) is 4.74 Å². The second kappa shape index (κ2) is 8.71. The van der Waals surface area contributed by atoms with Crippen LogP contribution in [0.15, 0.2) is 78.9 Å². The first kappa shape index (κ1) is 20.1. The van der Waals surface area contributed by atoms with Crippen LogP contribution in [-0.4, -0.2) is 22.1 Å². The molecule has 32 heavy (non-hydrogen) atoms. The molecule has 3 aromatic carbocycles. The van der Waals surface area contributed by atoms with E-state index in [1.54, 1.807) is 0 Å². The van der Waals surface area contributed by atoms with Crippen LogP contribution >= 0.6 is 0 Å². The number of carbonyl (C=O) groups excluding carboxylic acids is 1. The van der Waals surface area contributed by atoms with Gasteiger partial charge < -0.3 is 10.1 Å². The number of aromatic amines is 1. The number of hydrogen-bond donors (Lipinski definition) is 2. The predicted molar refractivity (Wildman–Crippen MR) is 125 cm³/mol. The Kier molecular flexibility index (Phi) is 5.46. The molecule has 0 aliphatic carbocycles. The summed E-state index contributed by atoms with van der Waals surface area (Å²) in [6.07, 6.45) is 1.84. The van der Waals surface area contributed by atoms with E-state index in [1.807, 2.05) is 73.7 Å². The number of nitrogens with one attached hydrogen (secondary N) is 2. The van der Waals surface area contributed by atoms with Gasteiger partial charge in [-0.25, -0.2) is 0 Å². The van der Waals surface area contributed by atoms with E-state index in [2.05, 4.69) is 27.6 Å². The molecule has 1 aromatic heterocycles. The third-order valence-corrected chi connectivity index (χ3v) is 5.90. The zero-order valence-electron chi connectivity index (χ0n) is 18.0. The van der Waals surface area contributed by atoms with Crippen molar-refractivity contribution in [1.29, 1.82) is 0 Å². The molecule has 5 rings (SSSR count). The lowest BCUT2D eigenvalue weighted by Crippen LogP contribution is -2.32. The van der Waals surface area contributed by atoms with Crippen LogP contribution in [0.3, 0.4) is 0 Å². The standard InChI is InChI=1S/C27H25N3O2/c1-18(11-12-19-7-3-2-4-8-19)28-27(31)21-15-13-20(14-16-21)25-23-17-32-24-10-6-5-9-22(24)26(23)30-29-25/h2-10,13-16,18H,11-12,17H2,1H3,(H,28,31)(H,29,30)/t18-/m0/s1. The fourth-order valence-corrected chi connectivity index (χ4v) is 4.10. The molecule has 0 fully saturated rings. The van der Waals surface area contributed by atoms with Crippen molar-refractivity contribution in [1.82, 2.24) is 15.5 Å². The molecule has 160 valence electrons. The first-order valence-electron chi connectivity index (χ1n) is 10.9. The van der Waals surface area contributed by atoms with E-state index in [0.717, 1.165) is 46.7 Å². The molecule has 5 nitrogen and oxygen atoms in total. The Morgan fingerprint density at radius 1 is 1.03 bits per heavy atom. The van der Waals surface area contributed by atoms with Crippen molar-refractivity contribution < 1.29 is 9.53 Å². The highest BCUT2D eigenvalue weighted by Gasteiger charge is 2.23. The second-order valence-electron chi connectivity index (χ2n) is 8.19. The molecule has 0 spiro atoms. The summed E-state index contributed by atoms with van der Waals surface area (Å²) in [5.74, 6) is 0.807. The fourth-order valence-electron chi connectivity index (χ4n) is 4.10. The van der Waals surface area contributed by atoms with Crippen LogP contribution in [0.1, 0.15) is 34.8 Å². The van der Waals surface area contributed by atoms with Crippen LogP contribution in [0.25, 0.3) is 22.5 Å². The minimum absolute atomic E-state index is 0.0570. The maximum absolute atomic E-state index is 12.7. The highest BCUT2D eigenvalue weighted by Crippen LogP contribution is 2.39. The van der Waals surface area contributed by atoms with Gasteiger partial charge in [0.25, 0.3) is 5.91 Å². The average Bonchev–Trinajstić information content (AvgIpc) is 3.28. The molecular weight excluding hydrogens is 398 g/mol. The van der Waals surface area contributed by atoms with Crippen LogP contribution in [-0.2, 0) is 13.0 Å². The van der Waals surface area contributed by atoms with Crippen LogP contribution in [0.2, 0.25) is 0 Å². The summed E-state index contributed by atoms with van der Waals surface area (Å²) < 4.78 is 5.91. The molecule has 5 heteroatoms. The summed E-state index contributed by atoms with van der Waals surface area (Å²) in [5, 5.41) is 10.8. The van der Waals surface area contributed by atoms with Gasteiger partial charge in [-0.05, 0) is 49.6 Å². The van der Waals surface area contributed by atoms with Crippen molar-refractivity contribution in [3.8, 4) is 28.3 Å². The number of fused-ring (bicyclic) bond motifs is 3. The SMILES string of the molecule is C[C@@H](CCc1ccccc1)NC(=O)c1ccc(-c2n[nH]c3c2COc2ccccc2-3)cc1. The maximum Gasteiger partial charge on any atom is 0.251 e. The molecule has 0 unspecified atom stereocenters. The molecule has 0 radical (unpaired) electrons. The van der Waals surface area contributed by atoms with Gasteiger partial charge in [0.05, 0.1) is 11.4 Å². The lowest BCUT2D eigenvalue weighted by Gasteiger charge is -2.17. The van der Waals surface area contributed by atoms with Crippen molar-refractivity contribution in [2.45, 2.75) is 32.4 Å². The number of H-pyrrole nitrogens is 1. The Morgan fingerprint density at radius 2 is 1.78 bits per heavy atom. The smallest absolute Gasteiger partial charge is 0.251 e. The van der Waals surface area contributed by atoms with Crippen LogP contribution < -0.4 is 10.1 Å². The molecule has 1 aliphatic rings. The molecular formula is C27H25N3O2. The van der Waals surface area contributed by atoms with Crippen LogP contribution in [0, 0.1) is 0 Å². The second-order valence-corrected chi connectivity index (χ2v) is 8.19. The van der Waals surface area contributed by atoms with Gasteiger partial charge in [0.1, 0.15) is 12.4 Å². The Morgan fingerprint density at radius 3 is 2.59 bits per heavy atom. The van der Waals surface area contributed by atoms with Gasteiger partial charge in [0, 0.05) is 28.3 Å². The number of carbonyl (C=O) groups is 1. The first-order chi connectivity index (χ1) is 15.7. The molecule has 0 bridgehead atoms. The van der Waals surface area contributed by atoms with Crippen LogP contribution in [0.5, 0.6) is 5.75 Å². The zero-order chi connectivity index (χ0) is 21.9. The monoisotopic (exact) mass is 423 g/mol. The van der Waals surface area contributed by atoms with E-state index in [9.17, 15) is 4.79 Å². The van der Waals surface area contributed by atoms with Gasteiger partial charge in [0.15, 0.2) is 0 Å². The largest absolute Gasteiger partial charge is 0.488 e. The third-order valence-electron chi connectivity index (χ3n) is 5.90. The molecule has 1 aliphatic heterocycles. The van der Waals surface area contributed by atoms with Crippen LogP contribution in [0.4, 0.5) is 0 Å². The number of rotatable bonds is 6. The van der Waals surface area contributed by atoms with Gasteiger partial charge in [-0.3, -0.25) is 9.89 Å².